The molecule has 23 heavy (non-hydrogen) atoms. The lowest BCUT2D eigenvalue weighted by molar-refractivity contribution is -0.122. The van der Waals surface area contributed by atoms with E-state index in [9.17, 15) is 4.79 Å². The van der Waals surface area contributed by atoms with Crippen LogP contribution in [-0.4, -0.2) is 36.4 Å². The van der Waals surface area contributed by atoms with Crippen molar-refractivity contribution in [2.45, 2.75) is 12.8 Å². The second-order valence-electron chi connectivity index (χ2n) is 5.55. The van der Waals surface area contributed by atoms with E-state index in [-0.39, 0.29) is 11.8 Å². The van der Waals surface area contributed by atoms with E-state index in [0.717, 1.165) is 24.3 Å². The third-order valence-electron chi connectivity index (χ3n) is 3.98. The highest BCUT2D eigenvalue weighted by atomic mass is 16.5. The number of amides is 1. The lowest BCUT2D eigenvalue weighted by atomic mass is 9.99. The molecule has 1 aliphatic heterocycles. The summed E-state index contributed by atoms with van der Waals surface area (Å²) in [6.45, 7) is 1.29. The van der Waals surface area contributed by atoms with Crippen molar-refractivity contribution < 1.29 is 9.53 Å². The first-order valence-electron chi connectivity index (χ1n) is 7.75. The smallest absolute Gasteiger partial charge is 0.228 e. The van der Waals surface area contributed by atoms with E-state index in [4.69, 9.17) is 4.74 Å². The summed E-state index contributed by atoms with van der Waals surface area (Å²) in [7, 11) is 1.93. The molecule has 0 saturated carbocycles. The van der Waals surface area contributed by atoms with E-state index in [1.165, 1.54) is 0 Å². The number of anilines is 3. The zero-order valence-corrected chi connectivity index (χ0v) is 13.1. The lowest BCUT2D eigenvalue weighted by Crippen LogP contribution is -2.29. The maximum atomic E-state index is 12.2. The summed E-state index contributed by atoms with van der Waals surface area (Å²) in [4.78, 5) is 14.1. The standard InChI is InChI=1S/C17H20N4O2/c1-21(14-5-3-2-4-6-14)16-8-7-15(19-20-16)18-17(22)13-9-11-23-12-10-13/h2-8,13H,9-12H2,1H3,(H,18,19,22). The van der Waals surface area contributed by atoms with E-state index in [1.807, 2.05) is 48.3 Å². The Morgan fingerprint density at radius 3 is 2.52 bits per heavy atom. The summed E-state index contributed by atoms with van der Waals surface area (Å²) in [5.41, 5.74) is 1.03. The summed E-state index contributed by atoms with van der Waals surface area (Å²) in [6, 6.07) is 13.5. The average molecular weight is 312 g/mol. The number of carbonyl (C=O) groups is 1. The Bertz CT molecular complexity index is 639. The van der Waals surface area contributed by atoms with Gasteiger partial charge in [0.05, 0.1) is 0 Å². The van der Waals surface area contributed by atoms with Gasteiger partial charge in [-0.05, 0) is 37.1 Å². The number of ether oxygens (including phenoxy) is 1. The van der Waals surface area contributed by atoms with E-state index in [0.29, 0.717) is 19.0 Å². The Kier molecular flexibility index (Phi) is 4.83. The number of hydrogen-bond donors (Lipinski definition) is 1. The molecule has 0 unspecified atom stereocenters. The number of hydrogen-bond acceptors (Lipinski definition) is 5. The van der Waals surface area contributed by atoms with E-state index >= 15 is 0 Å². The molecule has 120 valence electrons. The first-order chi connectivity index (χ1) is 11.2. The summed E-state index contributed by atoms with van der Waals surface area (Å²) in [6.07, 6.45) is 1.52. The lowest BCUT2D eigenvalue weighted by Gasteiger charge is -2.21. The molecule has 1 fully saturated rings. The molecule has 0 spiro atoms. The summed E-state index contributed by atoms with van der Waals surface area (Å²) in [5, 5.41) is 11.1. The van der Waals surface area contributed by atoms with Gasteiger partial charge < -0.3 is 15.0 Å². The molecule has 2 aromatic rings. The molecule has 3 rings (SSSR count). The second-order valence-corrected chi connectivity index (χ2v) is 5.55. The van der Waals surface area contributed by atoms with Crippen LogP contribution in [0.5, 0.6) is 0 Å². The Morgan fingerprint density at radius 2 is 1.87 bits per heavy atom. The van der Waals surface area contributed by atoms with Crippen LogP contribution in [0.2, 0.25) is 0 Å². The number of rotatable bonds is 4. The first kappa shape index (κ1) is 15.4. The minimum Gasteiger partial charge on any atom is -0.381 e. The normalized spacial score (nSPS) is 15.2. The highest BCUT2D eigenvalue weighted by Crippen LogP contribution is 2.21. The number of nitrogens with zero attached hydrogens (tertiary/aromatic N) is 3. The van der Waals surface area contributed by atoms with Crippen molar-refractivity contribution in [3.63, 3.8) is 0 Å². The van der Waals surface area contributed by atoms with Crippen molar-refractivity contribution in [1.82, 2.24) is 10.2 Å². The van der Waals surface area contributed by atoms with Gasteiger partial charge in [0.15, 0.2) is 11.6 Å². The summed E-state index contributed by atoms with van der Waals surface area (Å²) in [5.74, 6) is 1.19. The van der Waals surface area contributed by atoms with Crippen molar-refractivity contribution >= 4 is 23.2 Å². The van der Waals surface area contributed by atoms with Crippen LogP contribution in [-0.2, 0) is 9.53 Å². The third kappa shape index (κ3) is 3.84. The van der Waals surface area contributed by atoms with Crippen LogP contribution in [0.3, 0.4) is 0 Å². The predicted molar refractivity (Wildman–Crippen MR) is 88.7 cm³/mol. The monoisotopic (exact) mass is 312 g/mol. The molecule has 1 saturated heterocycles. The Morgan fingerprint density at radius 1 is 1.13 bits per heavy atom. The highest BCUT2D eigenvalue weighted by Gasteiger charge is 2.22. The molecule has 0 radical (unpaired) electrons. The maximum Gasteiger partial charge on any atom is 0.228 e. The molecule has 1 aromatic heterocycles. The molecule has 0 atom stereocenters. The van der Waals surface area contributed by atoms with E-state index in [1.54, 1.807) is 6.07 Å². The highest BCUT2D eigenvalue weighted by molar-refractivity contribution is 5.91. The van der Waals surface area contributed by atoms with Crippen LogP contribution in [0.15, 0.2) is 42.5 Å². The van der Waals surface area contributed by atoms with Gasteiger partial charge in [-0.1, -0.05) is 18.2 Å². The molecule has 0 bridgehead atoms. The minimum absolute atomic E-state index is 0.00258. The quantitative estimate of drug-likeness (QED) is 0.940. The van der Waals surface area contributed by atoms with Gasteiger partial charge >= 0.3 is 0 Å². The molecule has 1 amide bonds. The predicted octanol–water partition coefficient (Wildman–Crippen LogP) is 2.61. The molecule has 6 nitrogen and oxygen atoms in total. The van der Waals surface area contributed by atoms with Crippen LogP contribution >= 0.6 is 0 Å². The molecule has 0 aliphatic carbocycles. The fourth-order valence-corrected chi connectivity index (χ4v) is 2.54. The Labute approximate surface area is 135 Å². The van der Waals surface area contributed by atoms with Crippen molar-refractivity contribution in [1.29, 1.82) is 0 Å². The average Bonchev–Trinajstić information content (AvgIpc) is 2.63. The van der Waals surface area contributed by atoms with E-state index in [2.05, 4.69) is 15.5 Å². The fourth-order valence-electron chi connectivity index (χ4n) is 2.54. The van der Waals surface area contributed by atoms with Gasteiger partial charge in [0.25, 0.3) is 0 Å². The van der Waals surface area contributed by atoms with Crippen molar-refractivity contribution in [3.8, 4) is 0 Å². The van der Waals surface area contributed by atoms with Gasteiger partial charge in [-0.25, -0.2) is 0 Å². The molecular formula is C17H20N4O2. The van der Waals surface area contributed by atoms with Crippen molar-refractivity contribution in [2.24, 2.45) is 5.92 Å². The molecule has 2 heterocycles. The fraction of sp³-hybridized carbons (Fsp3) is 0.353. The van der Waals surface area contributed by atoms with Gasteiger partial charge in [0, 0.05) is 31.9 Å². The van der Waals surface area contributed by atoms with Crippen LogP contribution in [0.25, 0.3) is 0 Å². The largest absolute Gasteiger partial charge is 0.381 e. The molecular weight excluding hydrogens is 292 g/mol. The zero-order chi connectivity index (χ0) is 16.1. The summed E-state index contributed by atoms with van der Waals surface area (Å²) >= 11 is 0. The molecule has 6 heteroatoms. The van der Waals surface area contributed by atoms with Gasteiger partial charge in [-0.2, -0.15) is 0 Å². The molecule has 1 aliphatic rings. The Hall–Kier alpha value is -2.47. The molecule has 1 N–H and O–H groups in total. The molecule has 1 aromatic carbocycles. The maximum absolute atomic E-state index is 12.2. The Balaban J connectivity index is 1.64. The third-order valence-corrected chi connectivity index (χ3v) is 3.98. The van der Waals surface area contributed by atoms with Gasteiger partial charge in [-0.15, -0.1) is 10.2 Å². The van der Waals surface area contributed by atoms with Crippen LogP contribution < -0.4 is 10.2 Å². The van der Waals surface area contributed by atoms with Crippen LogP contribution in [0.1, 0.15) is 12.8 Å². The number of para-hydroxylation sites is 1. The van der Waals surface area contributed by atoms with Crippen molar-refractivity contribution in [2.75, 3.05) is 30.5 Å². The number of nitrogens with one attached hydrogen (secondary N) is 1. The SMILES string of the molecule is CN(c1ccccc1)c1ccc(NC(=O)C2CCOCC2)nn1. The number of carbonyl (C=O) groups excluding carboxylic acids is 1. The second kappa shape index (κ2) is 7.19. The van der Waals surface area contributed by atoms with Gasteiger partial charge in [0.2, 0.25) is 5.91 Å². The van der Waals surface area contributed by atoms with Crippen molar-refractivity contribution in [3.05, 3.63) is 42.5 Å². The number of benzene rings is 1. The van der Waals surface area contributed by atoms with E-state index < -0.39 is 0 Å². The number of aromatic nitrogens is 2. The first-order valence-corrected chi connectivity index (χ1v) is 7.75. The zero-order valence-electron chi connectivity index (χ0n) is 13.1. The van der Waals surface area contributed by atoms with Gasteiger partial charge in [0.1, 0.15) is 0 Å². The summed E-state index contributed by atoms with van der Waals surface area (Å²) < 4.78 is 5.27. The minimum atomic E-state index is -0.00763. The van der Waals surface area contributed by atoms with Gasteiger partial charge in [-0.3, -0.25) is 4.79 Å². The van der Waals surface area contributed by atoms with Crippen LogP contribution in [0, 0.1) is 5.92 Å². The van der Waals surface area contributed by atoms with Crippen LogP contribution in [0.4, 0.5) is 17.3 Å². The topological polar surface area (TPSA) is 67.4 Å².